The van der Waals surface area contributed by atoms with Gasteiger partial charge in [0.1, 0.15) is 5.76 Å². The summed E-state index contributed by atoms with van der Waals surface area (Å²) in [6.07, 6.45) is 3.52. The highest BCUT2D eigenvalue weighted by molar-refractivity contribution is 6.17. The maximum atomic E-state index is 11.4. The quantitative estimate of drug-likeness (QED) is 0.545. The van der Waals surface area contributed by atoms with Crippen molar-refractivity contribution >= 4 is 17.5 Å². The molecule has 0 aromatic carbocycles. The maximum absolute atomic E-state index is 11.4. The third-order valence-electron chi connectivity index (χ3n) is 2.19. The van der Waals surface area contributed by atoms with Gasteiger partial charge in [-0.1, -0.05) is 0 Å². The van der Waals surface area contributed by atoms with Crippen LogP contribution >= 0.6 is 11.6 Å². The average Bonchev–Trinajstić information content (AvgIpc) is 2.84. The zero-order valence-corrected chi connectivity index (χ0v) is 10.5. The highest BCUT2D eigenvalue weighted by atomic mass is 35.5. The smallest absolute Gasteiger partial charge is 0.220 e. The molecule has 1 heterocycles. The summed E-state index contributed by atoms with van der Waals surface area (Å²) in [5, 5.41) is 2.83. The lowest BCUT2D eigenvalue weighted by Gasteiger charge is -2.04. The van der Waals surface area contributed by atoms with Gasteiger partial charge >= 0.3 is 0 Å². The van der Waals surface area contributed by atoms with Gasteiger partial charge in [-0.3, -0.25) is 4.79 Å². The molecule has 0 aliphatic heterocycles. The van der Waals surface area contributed by atoms with Gasteiger partial charge in [-0.15, -0.1) is 11.6 Å². The predicted octanol–water partition coefficient (Wildman–Crippen LogP) is 1.97. The van der Waals surface area contributed by atoms with Crippen LogP contribution in [-0.4, -0.2) is 31.5 Å². The van der Waals surface area contributed by atoms with E-state index in [2.05, 4.69) is 5.32 Å². The zero-order valence-electron chi connectivity index (χ0n) is 9.78. The Kier molecular flexibility index (Phi) is 7.51. The van der Waals surface area contributed by atoms with Crippen molar-refractivity contribution in [2.45, 2.75) is 19.3 Å². The normalized spacial score (nSPS) is 10.4. The topological polar surface area (TPSA) is 51.5 Å². The first kappa shape index (κ1) is 14.1. The molecule has 0 atom stereocenters. The Balaban J connectivity index is 1.94. The van der Waals surface area contributed by atoms with Crippen LogP contribution in [-0.2, 0) is 16.0 Å². The van der Waals surface area contributed by atoms with Crippen LogP contribution in [0, 0.1) is 0 Å². The van der Waals surface area contributed by atoms with Crippen molar-refractivity contribution in [3.63, 3.8) is 0 Å². The molecule has 96 valence electrons. The van der Waals surface area contributed by atoms with Gasteiger partial charge in [-0.05, 0) is 18.6 Å². The number of hydrogen-bond donors (Lipinski definition) is 1. The van der Waals surface area contributed by atoms with Crippen LogP contribution in [0.1, 0.15) is 18.6 Å². The minimum Gasteiger partial charge on any atom is -0.469 e. The summed E-state index contributed by atoms with van der Waals surface area (Å²) in [6.45, 7) is 1.83. The molecule has 1 aromatic rings. The number of carbonyl (C=O) groups excluding carboxylic acids is 1. The Bertz CT molecular complexity index is 301. The maximum Gasteiger partial charge on any atom is 0.220 e. The van der Waals surface area contributed by atoms with E-state index in [9.17, 15) is 4.79 Å². The molecule has 0 aliphatic rings. The largest absolute Gasteiger partial charge is 0.469 e. The number of halogens is 1. The standard InChI is InChI=1S/C12H18ClNO3/c13-6-10-16-8-2-7-14-12(15)5-4-11-3-1-9-17-11/h1,3,9H,2,4-8,10H2,(H,14,15). The van der Waals surface area contributed by atoms with Crippen molar-refractivity contribution in [3.05, 3.63) is 24.2 Å². The Morgan fingerprint density at radius 3 is 3.06 bits per heavy atom. The molecule has 1 aromatic heterocycles. The van der Waals surface area contributed by atoms with Crippen LogP contribution in [0.3, 0.4) is 0 Å². The molecule has 0 fully saturated rings. The fourth-order valence-corrected chi connectivity index (χ4v) is 1.45. The second kappa shape index (κ2) is 9.07. The predicted molar refractivity (Wildman–Crippen MR) is 66.2 cm³/mol. The van der Waals surface area contributed by atoms with Crippen molar-refractivity contribution in [1.29, 1.82) is 0 Å². The van der Waals surface area contributed by atoms with Gasteiger partial charge in [-0.25, -0.2) is 0 Å². The van der Waals surface area contributed by atoms with Crippen molar-refractivity contribution in [1.82, 2.24) is 5.32 Å². The monoisotopic (exact) mass is 259 g/mol. The van der Waals surface area contributed by atoms with Crippen molar-refractivity contribution < 1.29 is 13.9 Å². The summed E-state index contributed by atoms with van der Waals surface area (Å²) in [5.41, 5.74) is 0. The van der Waals surface area contributed by atoms with Gasteiger partial charge < -0.3 is 14.5 Å². The number of carbonyl (C=O) groups is 1. The molecule has 17 heavy (non-hydrogen) atoms. The first-order valence-electron chi connectivity index (χ1n) is 5.75. The minimum atomic E-state index is 0.0405. The van der Waals surface area contributed by atoms with Crippen LogP contribution < -0.4 is 5.32 Å². The van der Waals surface area contributed by atoms with Crippen molar-refractivity contribution in [2.24, 2.45) is 0 Å². The first-order chi connectivity index (χ1) is 8.33. The Hall–Kier alpha value is -1.00. The van der Waals surface area contributed by atoms with Crippen LogP contribution in [0.5, 0.6) is 0 Å². The SMILES string of the molecule is O=C(CCc1ccco1)NCCCOCCCl. The number of rotatable bonds is 9. The lowest BCUT2D eigenvalue weighted by atomic mass is 10.2. The molecule has 0 saturated heterocycles. The third-order valence-corrected chi connectivity index (χ3v) is 2.34. The summed E-state index contributed by atoms with van der Waals surface area (Å²) in [7, 11) is 0. The number of nitrogens with one attached hydrogen (secondary N) is 1. The molecule has 1 amide bonds. The lowest BCUT2D eigenvalue weighted by molar-refractivity contribution is -0.121. The van der Waals surface area contributed by atoms with Gasteiger partial charge in [0.25, 0.3) is 0 Å². The summed E-state index contributed by atoms with van der Waals surface area (Å²) in [5.74, 6) is 1.39. The minimum absolute atomic E-state index is 0.0405. The summed E-state index contributed by atoms with van der Waals surface area (Å²) < 4.78 is 10.3. The summed E-state index contributed by atoms with van der Waals surface area (Å²) in [6, 6.07) is 3.69. The molecule has 0 bridgehead atoms. The van der Waals surface area contributed by atoms with Crippen molar-refractivity contribution in [2.75, 3.05) is 25.6 Å². The van der Waals surface area contributed by atoms with Gasteiger partial charge in [0.2, 0.25) is 5.91 Å². The second-order valence-corrected chi connectivity index (χ2v) is 3.96. The molecular formula is C12H18ClNO3. The third kappa shape index (κ3) is 7.02. The highest BCUT2D eigenvalue weighted by Gasteiger charge is 2.02. The molecule has 1 N–H and O–H groups in total. The van der Waals surface area contributed by atoms with Crippen LogP contribution in [0.4, 0.5) is 0 Å². The van der Waals surface area contributed by atoms with E-state index in [0.717, 1.165) is 12.2 Å². The number of hydrogen-bond acceptors (Lipinski definition) is 3. The first-order valence-corrected chi connectivity index (χ1v) is 6.29. The van der Waals surface area contributed by atoms with Gasteiger partial charge in [0.05, 0.1) is 12.9 Å². The lowest BCUT2D eigenvalue weighted by Crippen LogP contribution is -2.25. The number of aryl methyl sites for hydroxylation is 1. The van der Waals surface area contributed by atoms with E-state index in [1.165, 1.54) is 0 Å². The molecule has 0 unspecified atom stereocenters. The molecule has 0 spiro atoms. The van der Waals surface area contributed by atoms with Crippen LogP contribution in [0.25, 0.3) is 0 Å². The fraction of sp³-hybridized carbons (Fsp3) is 0.583. The van der Waals surface area contributed by atoms with E-state index >= 15 is 0 Å². The van der Waals surface area contributed by atoms with E-state index < -0.39 is 0 Å². The van der Waals surface area contributed by atoms with Gasteiger partial charge in [0, 0.05) is 31.9 Å². The summed E-state index contributed by atoms with van der Waals surface area (Å²) >= 11 is 5.45. The zero-order chi connectivity index (χ0) is 12.3. The molecule has 5 heteroatoms. The molecule has 1 rings (SSSR count). The van der Waals surface area contributed by atoms with Gasteiger partial charge in [0.15, 0.2) is 0 Å². The fourth-order valence-electron chi connectivity index (χ4n) is 1.34. The number of amides is 1. The molecular weight excluding hydrogens is 242 g/mol. The molecule has 0 aliphatic carbocycles. The van der Waals surface area contributed by atoms with Crippen LogP contribution in [0.2, 0.25) is 0 Å². The van der Waals surface area contributed by atoms with E-state index in [4.69, 9.17) is 20.8 Å². The van der Waals surface area contributed by atoms with E-state index in [1.54, 1.807) is 6.26 Å². The molecule has 0 saturated carbocycles. The Morgan fingerprint density at radius 2 is 2.35 bits per heavy atom. The average molecular weight is 260 g/mol. The highest BCUT2D eigenvalue weighted by Crippen LogP contribution is 2.03. The van der Waals surface area contributed by atoms with E-state index in [1.807, 2.05) is 12.1 Å². The van der Waals surface area contributed by atoms with E-state index in [0.29, 0.717) is 38.5 Å². The van der Waals surface area contributed by atoms with Crippen molar-refractivity contribution in [3.8, 4) is 0 Å². The number of alkyl halides is 1. The Morgan fingerprint density at radius 1 is 1.47 bits per heavy atom. The molecule has 0 radical (unpaired) electrons. The second-order valence-electron chi connectivity index (χ2n) is 3.58. The summed E-state index contributed by atoms with van der Waals surface area (Å²) in [4.78, 5) is 11.4. The van der Waals surface area contributed by atoms with Crippen LogP contribution in [0.15, 0.2) is 22.8 Å². The Labute approximate surface area is 106 Å². The number of furan rings is 1. The van der Waals surface area contributed by atoms with Gasteiger partial charge in [-0.2, -0.15) is 0 Å². The molecule has 4 nitrogen and oxygen atoms in total. The van der Waals surface area contributed by atoms with E-state index in [-0.39, 0.29) is 5.91 Å². The number of ether oxygens (including phenoxy) is 1.